The zero-order valence-electron chi connectivity index (χ0n) is 14.6. The zero-order valence-corrected chi connectivity index (χ0v) is 14.6. The van der Waals surface area contributed by atoms with Gasteiger partial charge >= 0.3 is 5.69 Å². The molecule has 1 aliphatic rings. The van der Waals surface area contributed by atoms with Crippen LogP contribution in [0, 0.1) is 0 Å². The highest BCUT2D eigenvalue weighted by atomic mass is 16.5. The van der Waals surface area contributed by atoms with E-state index in [1.807, 2.05) is 19.1 Å². The summed E-state index contributed by atoms with van der Waals surface area (Å²) in [5.41, 5.74) is -1.36. The highest BCUT2D eigenvalue weighted by Gasteiger charge is 2.27. The summed E-state index contributed by atoms with van der Waals surface area (Å²) < 4.78 is 5.96. The fourth-order valence-electron chi connectivity index (χ4n) is 2.84. The van der Waals surface area contributed by atoms with Crippen LogP contribution in [0.3, 0.4) is 0 Å². The summed E-state index contributed by atoms with van der Waals surface area (Å²) in [6.07, 6.45) is 4.38. The monoisotopic (exact) mass is 360 g/mol. The second-order valence-electron chi connectivity index (χ2n) is 6.21. The second-order valence-corrected chi connectivity index (χ2v) is 6.21. The molecule has 1 saturated heterocycles. The molecule has 1 unspecified atom stereocenters. The number of aromatic nitrogens is 4. The van der Waals surface area contributed by atoms with E-state index in [-0.39, 0.29) is 11.8 Å². The number of amides is 1. The summed E-state index contributed by atoms with van der Waals surface area (Å²) >= 11 is 0. The molecular weight excluding hydrogens is 340 g/mol. The number of carbonyl (C=O) groups excluding carboxylic acids is 1. The molecule has 1 aliphatic heterocycles. The molecule has 0 bridgehead atoms. The van der Waals surface area contributed by atoms with Crippen LogP contribution in [0.4, 0.5) is 5.82 Å². The maximum absolute atomic E-state index is 12.6. The van der Waals surface area contributed by atoms with Crippen molar-refractivity contribution in [3.05, 3.63) is 45.0 Å². The molecule has 1 fully saturated rings. The predicted molar refractivity (Wildman–Crippen MR) is 93.6 cm³/mol. The smallest absolute Gasteiger partial charge is 0.326 e. The van der Waals surface area contributed by atoms with E-state index >= 15 is 0 Å². The fraction of sp³-hybridized carbons (Fsp3) is 0.438. The highest BCUT2D eigenvalue weighted by Crippen LogP contribution is 2.24. The van der Waals surface area contributed by atoms with Gasteiger partial charge in [-0.25, -0.2) is 14.8 Å². The topological polar surface area (TPSA) is 124 Å². The summed E-state index contributed by atoms with van der Waals surface area (Å²) in [7, 11) is 3.69. The van der Waals surface area contributed by atoms with Gasteiger partial charge in [-0.2, -0.15) is 0 Å². The average molecular weight is 360 g/mol. The van der Waals surface area contributed by atoms with Crippen LogP contribution >= 0.6 is 0 Å². The van der Waals surface area contributed by atoms with Crippen molar-refractivity contribution in [3.63, 3.8) is 0 Å². The number of likely N-dealkylation sites (tertiary alicyclic amines) is 1. The summed E-state index contributed by atoms with van der Waals surface area (Å²) in [6.45, 7) is 0.853. The number of hydrogen-bond donors (Lipinski definition) is 2. The van der Waals surface area contributed by atoms with Crippen molar-refractivity contribution in [2.24, 2.45) is 0 Å². The van der Waals surface area contributed by atoms with E-state index in [0.29, 0.717) is 24.8 Å². The third kappa shape index (κ3) is 3.90. The predicted octanol–water partition coefficient (Wildman–Crippen LogP) is -0.397. The van der Waals surface area contributed by atoms with Crippen LogP contribution in [-0.2, 0) is 0 Å². The molecule has 3 rings (SSSR count). The van der Waals surface area contributed by atoms with E-state index in [0.717, 1.165) is 18.9 Å². The summed E-state index contributed by atoms with van der Waals surface area (Å²) in [5, 5.41) is 0. The normalized spacial score (nSPS) is 17.0. The molecule has 0 aliphatic carbocycles. The standard InChI is InChI=1S/C16H20N6O4/c1-21(2)13-14(18-6-5-17-13)26-10-4-3-7-22(9-10)15(24)11-8-12(23)20-16(25)19-11/h5-6,8,10H,3-4,7,9H2,1-2H3,(H2,19,20,23,25). The molecule has 0 spiro atoms. The molecule has 1 atom stereocenters. The molecule has 10 heteroatoms. The van der Waals surface area contributed by atoms with Crippen LogP contribution < -0.4 is 20.9 Å². The number of nitrogens with zero attached hydrogens (tertiary/aromatic N) is 4. The molecule has 0 saturated carbocycles. The maximum atomic E-state index is 12.6. The van der Waals surface area contributed by atoms with E-state index < -0.39 is 17.2 Å². The van der Waals surface area contributed by atoms with Gasteiger partial charge in [0.2, 0.25) is 0 Å². The molecule has 10 nitrogen and oxygen atoms in total. The van der Waals surface area contributed by atoms with Gasteiger partial charge in [0.05, 0.1) is 6.54 Å². The average Bonchev–Trinajstić information content (AvgIpc) is 2.61. The highest BCUT2D eigenvalue weighted by molar-refractivity contribution is 5.92. The number of rotatable bonds is 4. The Morgan fingerprint density at radius 3 is 2.77 bits per heavy atom. The minimum atomic E-state index is -0.708. The number of anilines is 1. The molecule has 1 amide bonds. The minimum absolute atomic E-state index is 0.0344. The second kappa shape index (κ2) is 7.38. The number of nitrogens with one attached hydrogen (secondary N) is 2. The summed E-state index contributed by atoms with van der Waals surface area (Å²) in [4.78, 5) is 51.6. The van der Waals surface area contributed by atoms with Gasteiger partial charge in [-0.3, -0.25) is 14.6 Å². The molecule has 0 aromatic carbocycles. The van der Waals surface area contributed by atoms with Crippen molar-refractivity contribution < 1.29 is 9.53 Å². The Morgan fingerprint density at radius 1 is 1.27 bits per heavy atom. The Bertz CT molecular complexity index is 878. The summed E-state index contributed by atoms with van der Waals surface area (Å²) in [5.74, 6) is 0.602. The zero-order chi connectivity index (χ0) is 18.7. The first-order valence-electron chi connectivity index (χ1n) is 8.22. The third-order valence-corrected chi connectivity index (χ3v) is 4.00. The number of aromatic amines is 2. The number of piperidine rings is 1. The lowest BCUT2D eigenvalue weighted by Crippen LogP contribution is -2.45. The molecule has 2 N–H and O–H groups in total. The van der Waals surface area contributed by atoms with Crippen molar-refractivity contribution in [1.29, 1.82) is 0 Å². The minimum Gasteiger partial charge on any atom is -0.470 e. The Labute approximate surface area is 148 Å². The van der Waals surface area contributed by atoms with Crippen molar-refractivity contribution in [3.8, 4) is 5.88 Å². The van der Waals surface area contributed by atoms with Crippen molar-refractivity contribution in [2.45, 2.75) is 18.9 Å². The van der Waals surface area contributed by atoms with E-state index in [9.17, 15) is 14.4 Å². The molecule has 3 heterocycles. The van der Waals surface area contributed by atoms with Crippen LogP contribution in [-0.4, -0.2) is 64.0 Å². The first kappa shape index (κ1) is 17.6. The Morgan fingerprint density at radius 2 is 2.04 bits per heavy atom. The largest absolute Gasteiger partial charge is 0.470 e. The molecule has 26 heavy (non-hydrogen) atoms. The van der Waals surface area contributed by atoms with Crippen LogP contribution in [0.15, 0.2) is 28.0 Å². The van der Waals surface area contributed by atoms with E-state index in [2.05, 4.69) is 15.0 Å². The molecule has 0 radical (unpaired) electrons. The quantitative estimate of drug-likeness (QED) is 0.760. The molecule has 2 aromatic heterocycles. The van der Waals surface area contributed by atoms with Crippen LogP contribution in [0.2, 0.25) is 0 Å². The van der Waals surface area contributed by atoms with E-state index in [4.69, 9.17) is 4.74 Å². The van der Waals surface area contributed by atoms with Gasteiger partial charge in [0.25, 0.3) is 17.3 Å². The van der Waals surface area contributed by atoms with Crippen LogP contribution in [0.25, 0.3) is 0 Å². The SMILES string of the molecule is CN(C)c1nccnc1OC1CCCN(C(=O)c2cc(=O)[nH]c(=O)[nH]2)C1. The van der Waals surface area contributed by atoms with Gasteiger partial charge in [-0.1, -0.05) is 0 Å². The van der Waals surface area contributed by atoms with Gasteiger partial charge in [0.15, 0.2) is 5.82 Å². The van der Waals surface area contributed by atoms with Crippen molar-refractivity contribution in [2.75, 3.05) is 32.1 Å². The lowest BCUT2D eigenvalue weighted by atomic mass is 10.1. The van der Waals surface area contributed by atoms with Gasteiger partial charge in [0, 0.05) is 39.1 Å². The van der Waals surface area contributed by atoms with E-state index in [1.54, 1.807) is 22.2 Å². The number of hydrogen-bond acceptors (Lipinski definition) is 7. The summed E-state index contributed by atoms with van der Waals surface area (Å²) in [6, 6.07) is 1.08. The van der Waals surface area contributed by atoms with Crippen molar-refractivity contribution in [1.82, 2.24) is 24.8 Å². The number of carbonyl (C=O) groups is 1. The lowest BCUT2D eigenvalue weighted by Gasteiger charge is -2.32. The van der Waals surface area contributed by atoms with Gasteiger partial charge in [0.1, 0.15) is 11.8 Å². The molecule has 138 valence electrons. The first-order valence-corrected chi connectivity index (χ1v) is 8.22. The lowest BCUT2D eigenvalue weighted by molar-refractivity contribution is 0.0522. The van der Waals surface area contributed by atoms with Gasteiger partial charge in [-0.05, 0) is 12.8 Å². The Balaban J connectivity index is 1.74. The maximum Gasteiger partial charge on any atom is 0.326 e. The van der Waals surface area contributed by atoms with Gasteiger partial charge in [-0.15, -0.1) is 0 Å². The van der Waals surface area contributed by atoms with Gasteiger partial charge < -0.3 is 19.5 Å². The number of H-pyrrole nitrogens is 2. The fourth-order valence-corrected chi connectivity index (χ4v) is 2.84. The number of ether oxygens (including phenoxy) is 1. The van der Waals surface area contributed by atoms with Crippen LogP contribution in [0.5, 0.6) is 5.88 Å². The van der Waals surface area contributed by atoms with Crippen LogP contribution in [0.1, 0.15) is 23.3 Å². The Hall–Kier alpha value is -3.17. The Kier molecular flexibility index (Phi) is 5.01. The van der Waals surface area contributed by atoms with E-state index in [1.165, 1.54) is 0 Å². The molecular formula is C16H20N6O4. The third-order valence-electron chi connectivity index (χ3n) is 4.00. The molecule has 2 aromatic rings. The van der Waals surface area contributed by atoms with Crippen molar-refractivity contribution >= 4 is 11.7 Å². The first-order chi connectivity index (χ1) is 12.4.